The van der Waals surface area contributed by atoms with Crippen LogP contribution in [0.2, 0.25) is 0 Å². The summed E-state index contributed by atoms with van der Waals surface area (Å²) in [5, 5.41) is 2.97. The summed E-state index contributed by atoms with van der Waals surface area (Å²) in [6, 6.07) is 3.93. The van der Waals surface area contributed by atoms with Crippen LogP contribution in [0.4, 0.5) is 0 Å². The van der Waals surface area contributed by atoms with E-state index < -0.39 is 0 Å². The van der Waals surface area contributed by atoms with Crippen LogP contribution in [0.1, 0.15) is 38.3 Å². The SMILES string of the molecule is Cc1cc2c(cc1CNC(=O)CC(C)(C)C)OCCO2. The van der Waals surface area contributed by atoms with Crippen LogP contribution >= 0.6 is 0 Å². The molecule has 0 radical (unpaired) electrons. The highest BCUT2D eigenvalue weighted by molar-refractivity contribution is 5.76. The highest BCUT2D eigenvalue weighted by Gasteiger charge is 2.17. The predicted octanol–water partition coefficient (Wildman–Crippen LogP) is 2.82. The molecule has 1 aliphatic heterocycles. The minimum atomic E-state index is 0.00588. The minimum Gasteiger partial charge on any atom is -0.486 e. The van der Waals surface area contributed by atoms with Gasteiger partial charge in [0.15, 0.2) is 11.5 Å². The lowest BCUT2D eigenvalue weighted by Gasteiger charge is -2.21. The van der Waals surface area contributed by atoms with Gasteiger partial charge < -0.3 is 14.8 Å². The molecule has 0 saturated heterocycles. The van der Waals surface area contributed by atoms with E-state index in [4.69, 9.17) is 9.47 Å². The van der Waals surface area contributed by atoms with Crippen molar-refractivity contribution in [1.82, 2.24) is 5.32 Å². The van der Waals surface area contributed by atoms with E-state index in [9.17, 15) is 4.79 Å². The smallest absolute Gasteiger partial charge is 0.220 e. The van der Waals surface area contributed by atoms with Crippen molar-refractivity contribution in [2.45, 2.75) is 40.7 Å². The van der Waals surface area contributed by atoms with Gasteiger partial charge in [-0.05, 0) is 35.6 Å². The first-order chi connectivity index (χ1) is 9.35. The maximum atomic E-state index is 11.9. The first kappa shape index (κ1) is 14.7. The Balaban J connectivity index is 2.01. The Kier molecular flexibility index (Phi) is 4.21. The molecule has 0 bridgehead atoms. The first-order valence-electron chi connectivity index (χ1n) is 7.01. The normalized spacial score (nSPS) is 14.0. The Morgan fingerprint density at radius 1 is 1.20 bits per heavy atom. The molecule has 1 N–H and O–H groups in total. The second kappa shape index (κ2) is 5.73. The Bertz CT molecular complexity index is 503. The first-order valence-corrected chi connectivity index (χ1v) is 7.01. The lowest BCUT2D eigenvalue weighted by atomic mass is 9.92. The van der Waals surface area contributed by atoms with E-state index in [2.05, 4.69) is 26.1 Å². The lowest BCUT2D eigenvalue weighted by molar-refractivity contribution is -0.122. The van der Waals surface area contributed by atoms with Crippen molar-refractivity contribution in [3.63, 3.8) is 0 Å². The molecule has 1 aliphatic rings. The van der Waals surface area contributed by atoms with Gasteiger partial charge in [-0.3, -0.25) is 4.79 Å². The van der Waals surface area contributed by atoms with Crippen molar-refractivity contribution in [2.75, 3.05) is 13.2 Å². The number of nitrogens with one attached hydrogen (secondary N) is 1. The van der Waals surface area contributed by atoms with Gasteiger partial charge in [-0.2, -0.15) is 0 Å². The molecule has 1 amide bonds. The largest absolute Gasteiger partial charge is 0.486 e. The van der Waals surface area contributed by atoms with E-state index in [-0.39, 0.29) is 11.3 Å². The fourth-order valence-electron chi connectivity index (χ4n) is 2.16. The number of hydrogen-bond donors (Lipinski definition) is 1. The Labute approximate surface area is 120 Å². The van der Waals surface area contributed by atoms with Crippen LogP contribution in [0, 0.1) is 12.3 Å². The number of carbonyl (C=O) groups is 1. The van der Waals surface area contributed by atoms with Gasteiger partial charge in [0.1, 0.15) is 13.2 Å². The molecule has 2 rings (SSSR count). The average Bonchev–Trinajstić information content (AvgIpc) is 2.34. The number of fused-ring (bicyclic) bond motifs is 1. The van der Waals surface area contributed by atoms with Crippen molar-refractivity contribution in [1.29, 1.82) is 0 Å². The van der Waals surface area contributed by atoms with Crippen molar-refractivity contribution in [2.24, 2.45) is 5.41 Å². The van der Waals surface area contributed by atoms with Crippen molar-refractivity contribution in [3.05, 3.63) is 23.3 Å². The third-order valence-electron chi connectivity index (χ3n) is 3.17. The summed E-state index contributed by atoms with van der Waals surface area (Å²) in [5.41, 5.74) is 2.17. The van der Waals surface area contributed by atoms with Crippen LogP contribution in [-0.4, -0.2) is 19.1 Å². The number of rotatable bonds is 3. The zero-order chi connectivity index (χ0) is 14.8. The molecule has 20 heavy (non-hydrogen) atoms. The fraction of sp³-hybridized carbons (Fsp3) is 0.562. The molecule has 0 atom stereocenters. The molecule has 0 saturated carbocycles. The Morgan fingerprint density at radius 3 is 2.40 bits per heavy atom. The second-order valence-corrected chi connectivity index (χ2v) is 6.44. The molecular formula is C16H23NO3. The maximum absolute atomic E-state index is 11.9. The van der Waals surface area contributed by atoms with Crippen molar-refractivity contribution >= 4 is 5.91 Å². The predicted molar refractivity (Wildman–Crippen MR) is 78.1 cm³/mol. The molecule has 0 fully saturated rings. The van der Waals surface area contributed by atoms with Gasteiger partial charge in [-0.25, -0.2) is 0 Å². The number of amides is 1. The highest BCUT2D eigenvalue weighted by Crippen LogP contribution is 2.33. The molecular weight excluding hydrogens is 254 g/mol. The molecule has 1 aromatic carbocycles. The summed E-state index contributed by atoms with van der Waals surface area (Å²) in [6.07, 6.45) is 0.524. The monoisotopic (exact) mass is 277 g/mol. The van der Waals surface area contributed by atoms with E-state index in [0.29, 0.717) is 26.2 Å². The molecule has 0 aliphatic carbocycles. The zero-order valence-electron chi connectivity index (χ0n) is 12.7. The topological polar surface area (TPSA) is 47.6 Å². The number of benzene rings is 1. The number of aryl methyl sites for hydroxylation is 1. The van der Waals surface area contributed by atoms with Gasteiger partial charge >= 0.3 is 0 Å². The van der Waals surface area contributed by atoms with E-state index in [1.54, 1.807) is 0 Å². The average molecular weight is 277 g/mol. The fourth-order valence-corrected chi connectivity index (χ4v) is 2.16. The molecule has 4 nitrogen and oxygen atoms in total. The molecule has 1 heterocycles. The summed E-state index contributed by atoms with van der Waals surface area (Å²) >= 11 is 0. The third kappa shape index (κ3) is 3.89. The standard InChI is InChI=1S/C16H23NO3/c1-11-7-13-14(20-6-5-19-13)8-12(11)10-17-15(18)9-16(2,3)4/h7-8H,5-6,9-10H2,1-4H3,(H,17,18). The Morgan fingerprint density at radius 2 is 1.80 bits per heavy atom. The summed E-state index contributed by atoms with van der Waals surface area (Å²) in [5.74, 6) is 1.63. The third-order valence-corrected chi connectivity index (χ3v) is 3.17. The maximum Gasteiger partial charge on any atom is 0.220 e. The van der Waals surface area contributed by atoms with Gasteiger partial charge in [-0.15, -0.1) is 0 Å². The number of ether oxygens (including phenoxy) is 2. The van der Waals surface area contributed by atoms with E-state index in [1.165, 1.54) is 0 Å². The van der Waals surface area contributed by atoms with Crippen LogP contribution in [-0.2, 0) is 11.3 Å². The van der Waals surface area contributed by atoms with Crippen LogP contribution in [0.25, 0.3) is 0 Å². The van der Waals surface area contributed by atoms with Gasteiger partial charge in [0.2, 0.25) is 5.91 Å². The van der Waals surface area contributed by atoms with Gasteiger partial charge in [0.05, 0.1) is 0 Å². The highest BCUT2D eigenvalue weighted by atomic mass is 16.6. The van der Waals surface area contributed by atoms with E-state index in [0.717, 1.165) is 22.6 Å². The molecule has 0 spiro atoms. The molecule has 0 aromatic heterocycles. The minimum absolute atomic E-state index is 0.00588. The van der Waals surface area contributed by atoms with Crippen LogP contribution in [0.15, 0.2) is 12.1 Å². The van der Waals surface area contributed by atoms with Crippen molar-refractivity contribution < 1.29 is 14.3 Å². The quantitative estimate of drug-likeness (QED) is 0.924. The second-order valence-electron chi connectivity index (χ2n) is 6.44. The van der Waals surface area contributed by atoms with Crippen molar-refractivity contribution in [3.8, 4) is 11.5 Å². The number of hydrogen-bond acceptors (Lipinski definition) is 3. The summed E-state index contributed by atoms with van der Waals surface area (Å²) in [4.78, 5) is 11.9. The summed E-state index contributed by atoms with van der Waals surface area (Å²) in [6.45, 7) is 9.88. The van der Waals surface area contributed by atoms with Crippen LogP contribution in [0.5, 0.6) is 11.5 Å². The number of carbonyl (C=O) groups excluding carboxylic acids is 1. The molecule has 110 valence electrons. The van der Waals surface area contributed by atoms with Gasteiger partial charge in [0.25, 0.3) is 0 Å². The van der Waals surface area contributed by atoms with Crippen LogP contribution < -0.4 is 14.8 Å². The zero-order valence-corrected chi connectivity index (χ0v) is 12.7. The van der Waals surface area contributed by atoms with Gasteiger partial charge in [-0.1, -0.05) is 20.8 Å². The summed E-state index contributed by atoms with van der Waals surface area (Å²) < 4.78 is 11.1. The van der Waals surface area contributed by atoms with E-state index in [1.807, 2.05) is 19.1 Å². The van der Waals surface area contributed by atoms with E-state index >= 15 is 0 Å². The molecule has 4 heteroatoms. The summed E-state index contributed by atoms with van der Waals surface area (Å²) in [7, 11) is 0. The lowest BCUT2D eigenvalue weighted by Crippen LogP contribution is -2.27. The van der Waals surface area contributed by atoms with Crippen LogP contribution in [0.3, 0.4) is 0 Å². The molecule has 0 unspecified atom stereocenters. The Hall–Kier alpha value is -1.71. The molecule has 1 aromatic rings. The van der Waals surface area contributed by atoms with Gasteiger partial charge in [0, 0.05) is 13.0 Å².